The number of imide groups is 1. The molecule has 2 aromatic carbocycles. The quantitative estimate of drug-likeness (QED) is 0.233. The number of amides is 2. The smallest absolute Gasteiger partial charge is 0.254 e. The first-order valence-corrected chi connectivity index (χ1v) is 12.3. The van der Waals surface area contributed by atoms with Crippen molar-refractivity contribution in [2.75, 3.05) is 0 Å². The maximum Gasteiger partial charge on any atom is 0.254 e. The second kappa shape index (κ2) is 8.60. The first-order chi connectivity index (χ1) is 15.3. The second-order valence-electron chi connectivity index (χ2n) is 8.07. The molecule has 5 rings (SSSR count). The van der Waals surface area contributed by atoms with Crippen LogP contribution < -0.4 is 4.74 Å². The highest BCUT2D eigenvalue weighted by Crippen LogP contribution is 2.52. The van der Waals surface area contributed by atoms with E-state index in [0.717, 1.165) is 17.0 Å². The number of hydrogen-bond donors (Lipinski definition) is 0. The number of hydrazone groups is 1. The molecule has 2 amide bonds. The summed E-state index contributed by atoms with van der Waals surface area (Å²) in [6.45, 7) is 0.260. The van der Waals surface area contributed by atoms with Crippen LogP contribution in [0, 0.1) is 23.7 Å². The topological polar surface area (TPSA) is 59.0 Å². The Balaban J connectivity index is 1.31. The molecule has 0 N–H and O–H groups in total. The van der Waals surface area contributed by atoms with E-state index in [2.05, 4.69) is 49.1 Å². The zero-order valence-electron chi connectivity index (χ0n) is 16.5. The van der Waals surface area contributed by atoms with E-state index < -0.39 is 0 Å². The third-order valence-corrected chi connectivity index (χ3v) is 7.94. The number of fused-ring (bicyclic) bond motifs is 5. The van der Waals surface area contributed by atoms with E-state index in [0.29, 0.717) is 30.3 Å². The number of nitrogens with zero attached hydrogens (tertiary/aromatic N) is 2. The van der Waals surface area contributed by atoms with Crippen molar-refractivity contribution < 1.29 is 14.3 Å². The molecule has 0 radical (unpaired) electrons. The summed E-state index contributed by atoms with van der Waals surface area (Å²) in [6, 6.07) is 8.86. The summed E-state index contributed by atoms with van der Waals surface area (Å²) in [5.41, 5.74) is 1.51. The second-order valence-corrected chi connectivity index (χ2v) is 10.6. The van der Waals surface area contributed by atoms with E-state index in [1.165, 1.54) is 6.21 Å². The Hall–Kier alpha value is -1.67. The molecular formula is C23H16Br2Cl2N2O3. The van der Waals surface area contributed by atoms with Crippen molar-refractivity contribution >= 4 is 73.1 Å². The fourth-order valence-corrected chi connectivity index (χ4v) is 6.62. The highest BCUT2D eigenvalue weighted by atomic mass is 79.9. The third kappa shape index (κ3) is 3.83. The first kappa shape index (κ1) is 22.1. The minimum atomic E-state index is -0.261. The van der Waals surface area contributed by atoms with Gasteiger partial charge in [0.25, 0.3) is 11.8 Å². The molecule has 5 nitrogen and oxygen atoms in total. The van der Waals surface area contributed by atoms with Crippen LogP contribution in [0.2, 0.25) is 10.0 Å². The maximum atomic E-state index is 12.8. The number of rotatable bonds is 5. The summed E-state index contributed by atoms with van der Waals surface area (Å²) < 4.78 is 7.31. The molecule has 0 aromatic heterocycles. The Kier molecular flexibility index (Phi) is 5.95. The zero-order chi connectivity index (χ0) is 22.6. The van der Waals surface area contributed by atoms with Crippen molar-refractivity contribution in [3.05, 3.63) is 72.6 Å². The lowest BCUT2D eigenvalue weighted by atomic mass is 9.85. The van der Waals surface area contributed by atoms with Gasteiger partial charge < -0.3 is 4.74 Å². The van der Waals surface area contributed by atoms with E-state index in [9.17, 15) is 9.59 Å². The highest BCUT2D eigenvalue weighted by molar-refractivity contribution is 9.11. The molecule has 2 bridgehead atoms. The zero-order valence-corrected chi connectivity index (χ0v) is 21.2. The number of carbonyl (C=O) groups is 2. The summed E-state index contributed by atoms with van der Waals surface area (Å²) in [7, 11) is 0. The van der Waals surface area contributed by atoms with Crippen LogP contribution in [0.25, 0.3) is 0 Å². The Morgan fingerprint density at radius 2 is 1.66 bits per heavy atom. The fraction of sp³-hybridized carbons (Fsp3) is 0.261. The van der Waals surface area contributed by atoms with Crippen LogP contribution >= 0.6 is 55.1 Å². The summed E-state index contributed by atoms with van der Waals surface area (Å²) in [4.78, 5) is 25.5. The van der Waals surface area contributed by atoms with E-state index in [-0.39, 0.29) is 42.1 Å². The summed E-state index contributed by atoms with van der Waals surface area (Å²) in [6.07, 6.45) is 6.54. The van der Waals surface area contributed by atoms with Gasteiger partial charge in [0.15, 0.2) is 0 Å². The van der Waals surface area contributed by atoms with Crippen LogP contribution in [0.5, 0.6) is 5.75 Å². The molecule has 9 heteroatoms. The van der Waals surface area contributed by atoms with Gasteiger partial charge >= 0.3 is 0 Å². The van der Waals surface area contributed by atoms with E-state index in [4.69, 9.17) is 27.9 Å². The standard InChI is InChI=1S/C23H16Br2Cl2N2O3/c24-16-5-11(6-17(25)21(16)32-10-14-3-4-15(26)8-18(14)27)9-28-29-22(30)19-12-1-2-13(7-12)20(19)23(29)31/h1-6,8-9,12-13,19-20H,7,10H2/b28-9+. The van der Waals surface area contributed by atoms with Gasteiger partial charge in [0.1, 0.15) is 12.4 Å². The molecule has 3 aliphatic rings. The average Bonchev–Trinajstić information content (AvgIpc) is 3.42. The Morgan fingerprint density at radius 1 is 1.03 bits per heavy atom. The van der Waals surface area contributed by atoms with Crippen LogP contribution in [-0.2, 0) is 16.2 Å². The van der Waals surface area contributed by atoms with Crippen molar-refractivity contribution in [2.24, 2.45) is 28.8 Å². The molecule has 1 saturated heterocycles. The molecule has 2 aliphatic carbocycles. The summed E-state index contributed by atoms with van der Waals surface area (Å²) in [5, 5.41) is 6.36. The van der Waals surface area contributed by atoms with Gasteiger partial charge in [-0.2, -0.15) is 10.1 Å². The van der Waals surface area contributed by atoms with Crippen LogP contribution in [0.15, 0.2) is 56.5 Å². The van der Waals surface area contributed by atoms with Crippen molar-refractivity contribution in [3.8, 4) is 5.75 Å². The minimum Gasteiger partial charge on any atom is -0.486 e. The lowest BCUT2D eigenvalue weighted by Crippen LogP contribution is -2.28. The van der Waals surface area contributed by atoms with Gasteiger partial charge in [-0.1, -0.05) is 41.4 Å². The normalized spacial score (nSPS) is 25.9. The monoisotopic (exact) mass is 596 g/mol. The van der Waals surface area contributed by atoms with Crippen LogP contribution in [0.4, 0.5) is 0 Å². The van der Waals surface area contributed by atoms with E-state index >= 15 is 0 Å². The van der Waals surface area contributed by atoms with E-state index in [1.807, 2.05) is 18.2 Å². The highest BCUT2D eigenvalue weighted by Gasteiger charge is 2.59. The summed E-state index contributed by atoms with van der Waals surface area (Å²) >= 11 is 19.2. The number of allylic oxidation sites excluding steroid dienone is 2. The molecule has 1 heterocycles. The molecular weight excluding hydrogens is 583 g/mol. The Labute approximate surface area is 211 Å². The molecule has 2 fully saturated rings. The first-order valence-electron chi connectivity index (χ1n) is 9.99. The largest absolute Gasteiger partial charge is 0.486 e. The van der Waals surface area contributed by atoms with Crippen molar-refractivity contribution in [2.45, 2.75) is 13.0 Å². The van der Waals surface area contributed by atoms with E-state index in [1.54, 1.807) is 12.1 Å². The summed E-state index contributed by atoms with van der Waals surface area (Å²) in [5.74, 6) is -0.00561. The van der Waals surface area contributed by atoms with Crippen LogP contribution in [0.1, 0.15) is 17.5 Å². The average molecular weight is 599 g/mol. The lowest BCUT2D eigenvalue weighted by Gasteiger charge is -2.13. The van der Waals surface area contributed by atoms with Gasteiger partial charge in [0, 0.05) is 15.6 Å². The molecule has 4 unspecified atom stereocenters. The number of carbonyl (C=O) groups excluding carboxylic acids is 2. The van der Waals surface area contributed by atoms with Gasteiger partial charge in [-0.05, 0) is 79.9 Å². The SMILES string of the molecule is O=C1C2C3C=CC(C3)C2C(=O)N1/N=C/c1cc(Br)c(OCc2ccc(Cl)cc2Cl)c(Br)c1. The van der Waals surface area contributed by atoms with Crippen molar-refractivity contribution in [1.82, 2.24) is 5.01 Å². The lowest BCUT2D eigenvalue weighted by molar-refractivity contribution is -0.140. The molecule has 0 spiro atoms. The molecule has 2 aromatic rings. The van der Waals surface area contributed by atoms with Gasteiger partial charge in [-0.3, -0.25) is 9.59 Å². The van der Waals surface area contributed by atoms with Gasteiger partial charge in [0.05, 0.1) is 27.0 Å². The fourth-order valence-electron chi connectivity index (χ4n) is 4.71. The Bertz CT molecular complexity index is 1150. The number of halogens is 4. The van der Waals surface area contributed by atoms with Gasteiger partial charge in [0.2, 0.25) is 0 Å². The Morgan fingerprint density at radius 3 is 2.25 bits per heavy atom. The number of hydrogen-bond acceptors (Lipinski definition) is 4. The number of ether oxygens (including phenoxy) is 1. The third-order valence-electron chi connectivity index (χ3n) is 6.18. The molecule has 1 saturated carbocycles. The predicted octanol–water partition coefficient (Wildman–Crippen LogP) is 6.24. The van der Waals surface area contributed by atoms with Crippen molar-refractivity contribution in [1.29, 1.82) is 0 Å². The molecule has 164 valence electrons. The van der Waals surface area contributed by atoms with Crippen LogP contribution in [0.3, 0.4) is 0 Å². The maximum absolute atomic E-state index is 12.8. The number of benzene rings is 2. The molecule has 4 atom stereocenters. The molecule has 1 aliphatic heterocycles. The van der Waals surface area contributed by atoms with Crippen molar-refractivity contribution in [3.63, 3.8) is 0 Å². The van der Waals surface area contributed by atoms with Crippen LogP contribution in [-0.4, -0.2) is 23.0 Å². The predicted molar refractivity (Wildman–Crippen MR) is 130 cm³/mol. The van der Waals surface area contributed by atoms with Gasteiger partial charge in [-0.25, -0.2) is 0 Å². The minimum absolute atomic E-state index is 0.163. The molecule has 32 heavy (non-hydrogen) atoms. The van der Waals surface area contributed by atoms with Gasteiger partial charge in [-0.15, -0.1) is 0 Å².